The number of hydrogen-bond acceptors (Lipinski definition) is 13. The number of ether oxygens (including phenoxy) is 1. The Bertz CT molecular complexity index is 3230. The Morgan fingerprint density at radius 3 is 1.87 bits per heavy atom. The lowest BCUT2D eigenvalue weighted by molar-refractivity contribution is -0.184. The van der Waals surface area contributed by atoms with Gasteiger partial charge in [-0.1, -0.05) is 78.9 Å². The van der Waals surface area contributed by atoms with Gasteiger partial charge in [0.2, 0.25) is 70.9 Å². The maximum absolute atomic E-state index is 15.8. The topological polar surface area (TPSA) is 279 Å². The summed E-state index contributed by atoms with van der Waals surface area (Å²) in [5.41, 5.74) is -2.12. The normalized spacial score (nSPS) is 32.3. The molecule has 12 amide bonds. The molecule has 3 N–H and O–H groups in total. The monoisotopic (exact) mass is 1550 g/mol. The molecule has 2 bridgehead atoms. The molecule has 3 heterocycles. The summed E-state index contributed by atoms with van der Waals surface area (Å²) >= 11 is 13.3. The number of alkyl halides is 5. The van der Waals surface area contributed by atoms with Crippen LogP contribution in [0.15, 0.2) is 12.2 Å². The van der Waals surface area contributed by atoms with Crippen molar-refractivity contribution in [2.45, 2.75) is 285 Å². The predicted octanol–water partition coefficient (Wildman–Crippen LogP) is 7.02. The molecular formula is C77H121Cl2F3N12O13. The molecule has 0 radical (unpaired) electrons. The molecule has 7 fully saturated rings. The van der Waals surface area contributed by atoms with Crippen molar-refractivity contribution in [2.75, 3.05) is 82.1 Å². The van der Waals surface area contributed by atoms with Crippen molar-refractivity contribution in [1.29, 1.82) is 0 Å². The molecule has 5 aliphatic carbocycles. The standard InChI is InChI=1S/C77H121Cl2F3N12O13/c1-14-21-56-66(98)84-65(46(4)15-2)73(105)93(51-31-32-51)43-64(97)89(11)57-24-18-17-19-35-92(72(57)104)61(38-49-25-29-50(30-26-49)77(80,81)82)70(102)87(9)42-62(95)83-55(34-28-48-27-33-53(78)54(79)36-48)68(100)94-41-52(107-16-3)39-58(94)67(99)85-76(44-75(5,6)45-76)74(106)91(13)59(37-47-22-20-23-47)71(103)90(12)60(69(101)86(7)8)40-63(96)88(56)10/h17-18,46-61,65H,14-16,19-45H2,1-13H3,(H,83,95)(H,84,98)(H,85,99)/b18-17-/t46-,48?,49?,50?,52+,53?,54?,55-,56-,57-,58-,59-,60-,61-,65-/m0/s1. The highest BCUT2D eigenvalue weighted by molar-refractivity contribution is 6.30. The van der Waals surface area contributed by atoms with E-state index in [2.05, 4.69) is 16.0 Å². The summed E-state index contributed by atoms with van der Waals surface area (Å²) in [5.74, 6) is -10.4. The van der Waals surface area contributed by atoms with Crippen LogP contribution in [-0.2, 0) is 62.3 Å². The summed E-state index contributed by atoms with van der Waals surface area (Å²) in [6.07, 6.45) is 4.83. The minimum Gasteiger partial charge on any atom is -0.377 e. The summed E-state index contributed by atoms with van der Waals surface area (Å²) in [7, 11) is 10.1. The third-order valence-corrected chi connectivity index (χ3v) is 25.6. The first-order chi connectivity index (χ1) is 50.3. The Morgan fingerprint density at radius 2 is 1.29 bits per heavy atom. The minimum atomic E-state index is -4.44. The van der Waals surface area contributed by atoms with Crippen molar-refractivity contribution in [3.8, 4) is 0 Å². The van der Waals surface area contributed by atoms with E-state index in [0.29, 0.717) is 51.4 Å². The number of carbonyl (C=O) groups is 12. The molecule has 5 saturated carbocycles. The van der Waals surface area contributed by atoms with E-state index in [-0.39, 0.29) is 126 Å². The lowest BCUT2D eigenvalue weighted by Gasteiger charge is -2.54. The maximum atomic E-state index is 15.8. The third kappa shape index (κ3) is 21.2. The summed E-state index contributed by atoms with van der Waals surface area (Å²) < 4.78 is 48.7. The quantitative estimate of drug-likeness (QED) is 0.110. The average Bonchev–Trinajstić information content (AvgIpc) is 0.981. The highest BCUT2D eigenvalue weighted by Gasteiger charge is 2.59. The van der Waals surface area contributed by atoms with Crippen LogP contribution < -0.4 is 16.0 Å². The fourth-order valence-corrected chi connectivity index (χ4v) is 18.1. The molecular weight excluding hydrogens is 1430 g/mol. The lowest BCUT2D eigenvalue weighted by atomic mass is 9.58. The minimum absolute atomic E-state index is 0.000630. The fourth-order valence-electron chi connectivity index (χ4n) is 17.5. The average molecular weight is 1550 g/mol. The van der Waals surface area contributed by atoms with Crippen molar-refractivity contribution >= 4 is 94.1 Å². The molecule has 602 valence electrons. The highest BCUT2D eigenvalue weighted by Crippen LogP contribution is 2.50. The Balaban J connectivity index is 1.21. The Morgan fingerprint density at radius 1 is 0.645 bits per heavy atom. The Labute approximate surface area is 640 Å². The van der Waals surface area contributed by atoms with Gasteiger partial charge >= 0.3 is 6.18 Å². The van der Waals surface area contributed by atoms with Gasteiger partial charge in [0, 0.05) is 86.9 Å². The molecule has 13 atom stereocenters. The molecule has 8 aliphatic rings. The van der Waals surface area contributed by atoms with E-state index in [0.717, 1.165) is 24.2 Å². The van der Waals surface area contributed by atoms with Gasteiger partial charge in [-0.25, -0.2) is 0 Å². The van der Waals surface area contributed by atoms with Crippen LogP contribution >= 0.6 is 23.2 Å². The van der Waals surface area contributed by atoms with Crippen LogP contribution in [0.3, 0.4) is 0 Å². The van der Waals surface area contributed by atoms with Crippen LogP contribution in [0, 0.1) is 35.0 Å². The van der Waals surface area contributed by atoms with E-state index in [4.69, 9.17) is 27.9 Å². The van der Waals surface area contributed by atoms with Gasteiger partial charge in [0.05, 0.1) is 30.4 Å². The number of halogens is 5. The maximum Gasteiger partial charge on any atom is 0.391 e. The van der Waals surface area contributed by atoms with Gasteiger partial charge in [-0.3, -0.25) is 57.5 Å². The van der Waals surface area contributed by atoms with Crippen molar-refractivity contribution in [3.05, 3.63) is 12.2 Å². The number of nitrogens with one attached hydrogen (secondary N) is 3. The number of amides is 12. The second-order valence-electron chi connectivity index (χ2n) is 33.3. The zero-order valence-corrected chi connectivity index (χ0v) is 66.9. The van der Waals surface area contributed by atoms with Crippen LogP contribution in [0.25, 0.3) is 0 Å². The Hall–Kier alpha value is -6.29. The molecule has 25 nitrogen and oxygen atoms in total. The van der Waals surface area contributed by atoms with Gasteiger partial charge in [-0.05, 0) is 152 Å². The van der Waals surface area contributed by atoms with Crippen LogP contribution in [0.2, 0.25) is 0 Å². The zero-order valence-electron chi connectivity index (χ0n) is 65.4. The SMILES string of the molecule is CCC[C@H]1C(=O)N[C@@H]([C@@H](C)CC)C(=O)N(C2CC2)CC(=O)N(C)[C@H]2C/C=C\CCN(C2=O)[C@@H](CC2CCC(C(F)(F)F)CC2)C(=O)N(C)CC(=O)N[C@@H](CCC2CCC(Cl)C(Cl)C2)C(=O)N2C[C@H](OCC)C[C@H]2C(=O)NC2(CC(C)(C)C2)C(=O)N(C)[C@@H](CC2CCC2)C(=O)N(C)[C@H](C(=O)N(C)C)CC(=O)N1C. The summed E-state index contributed by atoms with van der Waals surface area (Å²) in [5, 5.41) is 8.34. The van der Waals surface area contributed by atoms with E-state index in [9.17, 15) is 37.1 Å². The molecule has 107 heavy (non-hydrogen) atoms. The van der Waals surface area contributed by atoms with E-state index in [1.807, 2.05) is 27.7 Å². The first kappa shape index (κ1) is 86.3. The predicted molar refractivity (Wildman–Crippen MR) is 397 cm³/mol. The van der Waals surface area contributed by atoms with Gasteiger partial charge in [-0.2, -0.15) is 13.2 Å². The fraction of sp³-hybridized carbons (Fsp3) is 0.818. The highest BCUT2D eigenvalue weighted by atomic mass is 35.5. The van der Waals surface area contributed by atoms with E-state index in [1.54, 1.807) is 26.0 Å². The van der Waals surface area contributed by atoms with Crippen LogP contribution in [-0.4, -0.2) is 280 Å². The number of fused-ring (bicyclic) bond motifs is 3. The third-order valence-electron chi connectivity index (χ3n) is 24.5. The van der Waals surface area contributed by atoms with E-state index in [1.165, 1.54) is 88.5 Å². The van der Waals surface area contributed by atoms with Crippen molar-refractivity contribution in [3.63, 3.8) is 0 Å². The van der Waals surface area contributed by atoms with Gasteiger partial charge in [0.25, 0.3) is 0 Å². The second-order valence-corrected chi connectivity index (χ2v) is 34.4. The molecule has 0 aromatic rings. The second kappa shape index (κ2) is 37.2. The van der Waals surface area contributed by atoms with Crippen LogP contribution in [0.4, 0.5) is 13.2 Å². The van der Waals surface area contributed by atoms with Crippen LogP contribution in [0.1, 0.15) is 202 Å². The largest absolute Gasteiger partial charge is 0.391 e. The van der Waals surface area contributed by atoms with E-state index >= 15 is 33.6 Å². The van der Waals surface area contributed by atoms with Crippen molar-refractivity contribution in [2.24, 2.45) is 35.0 Å². The van der Waals surface area contributed by atoms with Crippen molar-refractivity contribution in [1.82, 2.24) is 60.0 Å². The number of carbonyl (C=O) groups excluding carboxylic acids is 12. The molecule has 1 spiro atoms. The molecule has 30 heteroatoms. The molecule has 0 aromatic carbocycles. The molecule has 3 unspecified atom stereocenters. The number of hydrogen-bond donors (Lipinski definition) is 3. The number of rotatable bonds is 15. The Kier molecular flexibility index (Phi) is 30.0. The van der Waals surface area contributed by atoms with Gasteiger partial charge in [0.15, 0.2) is 0 Å². The van der Waals surface area contributed by atoms with Gasteiger partial charge < -0.3 is 64.8 Å². The van der Waals surface area contributed by atoms with E-state index < -0.39 is 186 Å². The summed E-state index contributed by atoms with van der Waals surface area (Å²) in [6.45, 7) is 10.00. The summed E-state index contributed by atoms with van der Waals surface area (Å²) in [6, 6.07) is -10.7. The number of nitrogens with zero attached hydrogens (tertiary/aromatic N) is 9. The smallest absolute Gasteiger partial charge is 0.377 e. The first-order valence-electron chi connectivity index (χ1n) is 39.3. The van der Waals surface area contributed by atoms with Crippen molar-refractivity contribution < 1.29 is 75.4 Å². The van der Waals surface area contributed by atoms with Gasteiger partial charge in [-0.15, -0.1) is 23.2 Å². The zero-order chi connectivity index (χ0) is 78.9. The number of likely N-dealkylation sites (N-methyl/N-ethyl adjacent to an activating group) is 6. The molecule has 0 aromatic heterocycles. The lowest BCUT2D eigenvalue weighted by Crippen LogP contribution is -2.71. The molecule has 2 saturated heterocycles. The molecule has 8 rings (SSSR count). The van der Waals surface area contributed by atoms with Crippen LogP contribution in [0.5, 0.6) is 0 Å². The first-order valence-corrected chi connectivity index (χ1v) is 40.2. The van der Waals surface area contributed by atoms with Gasteiger partial charge in [0.1, 0.15) is 60.4 Å². The molecule has 3 aliphatic heterocycles. The summed E-state index contributed by atoms with van der Waals surface area (Å²) in [4.78, 5) is 195.